The summed E-state index contributed by atoms with van der Waals surface area (Å²) in [5.41, 5.74) is -0.104. The minimum absolute atomic E-state index is 0.125. The van der Waals surface area contributed by atoms with E-state index >= 15 is 0 Å². The molecule has 1 N–H and O–H groups in total. The van der Waals surface area contributed by atoms with Crippen molar-refractivity contribution in [2.45, 2.75) is 12.8 Å². The zero-order valence-corrected chi connectivity index (χ0v) is 14.7. The summed E-state index contributed by atoms with van der Waals surface area (Å²) in [6, 6.07) is 7.51. The van der Waals surface area contributed by atoms with E-state index in [0.29, 0.717) is 31.7 Å². The molecule has 0 aliphatic carbocycles. The molecule has 0 spiro atoms. The second-order valence-corrected chi connectivity index (χ2v) is 6.17. The summed E-state index contributed by atoms with van der Waals surface area (Å²) in [4.78, 5) is 37.1. The molecule has 2 amide bonds. The van der Waals surface area contributed by atoms with E-state index in [1.165, 1.54) is 25.5 Å². The minimum Gasteiger partial charge on any atom is -0.496 e. The molecule has 27 heavy (non-hydrogen) atoms. The Kier molecular flexibility index (Phi) is 5.39. The predicted octanol–water partition coefficient (Wildman–Crippen LogP) is 2.69. The zero-order valence-electron chi connectivity index (χ0n) is 14.7. The average molecular weight is 373 g/mol. The van der Waals surface area contributed by atoms with Gasteiger partial charge in [0, 0.05) is 19.0 Å². The monoisotopic (exact) mass is 373 g/mol. The fourth-order valence-corrected chi connectivity index (χ4v) is 3.03. The maximum Gasteiger partial charge on any atom is 0.296 e. The Labute approximate surface area is 155 Å². The second kappa shape index (κ2) is 7.90. The first-order chi connectivity index (χ1) is 13.0. The quantitative estimate of drug-likeness (QED) is 0.636. The molecular weight excluding hydrogens is 354 g/mol. The number of likely N-dealkylation sites (tertiary alicyclic amines) is 1. The maximum absolute atomic E-state index is 12.5. The number of hydrogen-bond acceptors (Lipinski definition) is 6. The molecule has 1 aliphatic heterocycles. The Morgan fingerprint density at radius 1 is 1.30 bits per heavy atom. The number of methoxy groups -OCH3 is 1. The molecule has 0 saturated carbocycles. The number of anilines is 1. The molecule has 3 rings (SSSR count). The van der Waals surface area contributed by atoms with E-state index in [1.807, 2.05) is 0 Å². The number of furan rings is 1. The second-order valence-electron chi connectivity index (χ2n) is 6.17. The van der Waals surface area contributed by atoms with Crippen molar-refractivity contribution in [3.05, 3.63) is 52.5 Å². The van der Waals surface area contributed by atoms with Gasteiger partial charge in [0.15, 0.2) is 5.76 Å². The van der Waals surface area contributed by atoms with Crippen LogP contribution in [0.1, 0.15) is 23.4 Å². The fraction of sp³-hybridized carbons (Fsp3) is 0.333. The summed E-state index contributed by atoms with van der Waals surface area (Å²) in [7, 11) is 1.41. The molecule has 9 nitrogen and oxygen atoms in total. The average Bonchev–Trinajstić information content (AvgIpc) is 3.22. The summed E-state index contributed by atoms with van der Waals surface area (Å²) in [5, 5.41) is 13.9. The van der Waals surface area contributed by atoms with E-state index in [0.717, 1.165) is 0 Å². The Balaban J connectivity index is 1.62. The number of carbonyl (C=O) groups excluding carboxylic acids is 2. The van der Waals surface area contributed by atoms with Crippen molar-refractivity contribution < 1.29 is 23.7 Å². The van der Waals surface area contributed by atoms with Crippen LogP contribution in [0, 0.1) is 16.0 Å². The Morgan fingerprint density at radius 2 is 2.04 bits per heavy atom. The van der Waals surface area contributed by atoms with Gasteiger partial charge in [-0.15, -0.1) is 0 Å². The van der Waals surface area contributed by atoms with Gasteiger partial charge in [-0.1, -0.05) is 0 Å². The first-order valence-electron chi connectivity index (χ1n) is 8.45. The van der Waals surface area contributed by atoms with Gasteiger partial charge < -0.3 is 19.4 Å². The van der Waals surface area contributed by atoms with Crippen LogP contribution in [0.3, 0.4) is 0 Å². The van der Waals surface area contributed by atoms with Crippen molar-refractivity contribution in [1.29, 1.82) is 0 Å². The molecule has 1 aliphatic rings. The third-order valence-corrected chi connectivity index (χ3v) is 4.54. The summed E-state index contributed by atoms with van der Waals surface area (Å²) in [5.74, 6) is -0.221. The van der Waals surface area contributed by atoms with E-state index in [2.05, 4.69) is 5.32 Å². The third kappa shape index (κ3) is 4.08. The molecule has 0 bridgehead atoms. The molecule has 1 aromatic carbocycles. The van der Waals surface area contributed by atoms with Crippen LogP contribution in [0.4, 0.5) is 11.4 Å². The molecule has 0 atom stereocenters. The van der Waals surface area contributed by atoms with E-state index in [1.54, 1.807) is 23.1 Å². The first-order valence-corrected chi connectivity index (χ1v) is 8.45. The number of nitro groups is 1. The molecule has 0 unspecified atom stereocenters. The van der Waals surface area contributed by atoms with Crippen molar-refractivity contribution in [2.75, 3.05) is 25.5 Å². The number of piperidine rings is 1. The van der Waals surface area contributed by atoms with Gasteiger partial charge >= 0.3 is 0 Å². The summed E-state index contributed by atoms with van der Waals surface area (Å²) >= 11 is 0. The van der Waals surface area contributed by atoms with Crippen molar-refractivity contribution in [3.63, 3.8) is 0 Å². The van der Waals surface area contributed by atoms with Gasteiger partial charge in [0.1, 0.15) is 11.4 Å². The standard InChI is InChI=1S/C18H19N3O6/c1-26-13-4-5-14(15(11-13)21(24)25)19-17(22)12-6-8-20(9-7-12)18(23)16-3-2-10-27-16/h2-5,10-12H,6-9H2,1H3,(H,19,22). The lowest BCUT2D eigenvalue weighted by atomic mass is 9.95. The Hall–Kier alpha value is -3.36. The van der Waals surface area contributed by atoms with Crippen molar-refractivity contribution in [3.8, 4) is 5.75 Å². The lowest BCUT2D eigenvalue weighted by Gasteiger charge is -2.30. The molecule has 142 valence electrons. The largest absolute Gasteiger partial charge is 0.496 e. The first kappa shape index (κ1) is 18.4. The summed E-state index contributed by atoms with van der Waals surface area (Å²) < 4.78 is 10.1. The van der Waals surface area contributed by atoms with Crippen LogP contribution >= 0.6 is 0 Å². The Bertz CT molecular complexity index is 841. The van der Waals surface area contributed by atoms with Gasteiger partial charge in [0.05, 0.1) is 24.4 Å². The smallest absolute Gasteiger partial charge is 0.296 e. The zero-order chi connectivity index (χ0) is 19.4. The number of nitro benzene ring substituents is 1. The van der Waals surface area contributed by atoms with Crippen LogP contribution in [0.5, 0.6) is 5.75 Å². The number of carbonyl (C=O) groups is 2. The lowest BCUT2D eigenvalue weighted by molar-refractivity contribution is -0.384. The molecular formula is C18H19N3O6. The molecule has 1 fully saturated rings. The van der Waals surface area contributed by atoms with Crippen LogP contribution in [0.2, 0.25) is 0 Å². The molecule has 1 saturated heterocycles. The highest BCUT2D eigenvalue weighted by molar-refractivity contribution is 5.95. The van der Waals surface area contributed by atoms with Gasteiger partial charge in [0.2, 0.25) is 5.91 Å². The summed E-state index contributed by atoms with van der Waals surface area (Å²) in [6.07, 6.45) is 2.39. The van der Waals surface area contributed by atoms with Gasteiger partial charge in [-0.05, 0) is 37.1 Å². The number of nitrogens with one attached hydrogen (secondary N) is 1. The van der Waals surface area contributed by atoms with E-state index < -0.39 is 4.92 Å². The number of benzene rings is 1. The van der Waals surface area contributed by atoms with Crippen molar-refractivity contribution in [1.82, 2.24) is 4.90 Å². The molecule has 2 aromatic rings. The third-order valence-electron chi connectivity index (χ3n) is 4.54. The van der Waals surface area contributed by atoms with Crippen LogP contribution in [0.15, 0.2) is 41.0 Å². The van der Waals surface area contributed by atoms with Crippen LogP contribution in [0.25, 0.3) is 0 Å². The molecule has 9 heteroatoms. The van der Waals surface area contributed by atoms with E-state index in [9.17, 15) is 19.7 Å². The van der Waals surface area contributed by atoms with Crippen LogP contribution in [-0.2, 0) is 4.79 Å². The van der Waals surface area contributed by atoms with E-state index in [4.69, 9.17) is 9.15 Å². The van der Waals surface area contributed by atoms with Crippen molar-refractivity contribution >= 4 is 23.2 Å². The predicted molar refractivity (Wildman–Crippen MR) is 95.6 cm³/mol. The highest BCUT2D eigenvalue weighted by Crippen LogP contribution is 2.30. The topological polar surface area (TPSA) is 115 Å². The van der Waals surface area contributed by atoms with Gasteiger partial charge in [0.25, 0.3) is 11.6 Å². The van der Waals surface area contributed by atoms with Crippen molar-refractivity contribution in [2.24, 2.45) is 5.92 Å². The highest BCUT2D eigenvalue weighted by Gasteiger charge is 2.29. The van der Waals surface area contributed by atoms with Crippen LogP contribution < -0.4 is 10.1 Å². The van der Waals surface area contributed by atoms with Gasteiger partial charge in [-0.3, -0.25) is 19.7 Å². The number of hydrogen-bond donors (Lipinski definition) is 1. The van der Waals surface area contributed by atoms with Gasteiger partial charge in [-0.2, -0.15) is 0 Å². The number of rotatable bonds is 5. The fourth-order valence-electron chi connectivity index (χ4n) is 3.03. The number of nitrogens with zero attached hydrogens (tertiary/aromatic N) is 2. The van der Waals surface area contributed by atoms with Gasteiger partial charge in [-0.25, -0.2) is 0 Å². The van der Waals surface area contributed by atoms with E-state index in [-0.39, 0.29) is 34.9 Å². The lowest BCUT2D eigenvalue weighted by Crippen LogP contribution is -2.41. The SMILES string of the molecule is COc1ccc(NC(=O)C2CCN(C(=O)c3ccco3)CC2)c([N+](=O)[O-])c1. The highest BCUT2D eigenvalue weighted by atomic mass is 16.6. The Morgan fingerprint density at radius 3 is 2.63 bits per heavy atom. The minimum atomic E-state index is -0.567. The van der Waals surface area contributed by atoms with Crippen LogP contribution in [-0.4, -0.2) is 41.8 Å². The molecule has 0 radical (unpaired) electrons. The molecule has 1 aromatic heterocycles. The summed E-state index contributed by atoms with van der Waals surface area (Å²) in [6.45, 7) is 0.838. The normalized spacial score (nSPS) is 14.6. The number of amides is 2. The number of ether oxygens (including phenoxy) is 1. The maximum atomic E-state index is 12.5. The molecule has 2 heterocycles.